The fraction of sp³-hybridized carbons (Fsp3) is 0.364. The van der Waals surface area contributed by atoms with Crippen LogP contribution in [0.1, 0.15) is 23.1 Å². The lowest BCUT2D eigenvalue weighted by molar-refractivity contribution is 0.175. The molecule has 0 aliphatic carbocycles. The van der Waals surface area contributed by atoms with Gasteiger partial charge < -0.3 is 5.11 Å². The smallest absolute Gasteiger partial charge is 0.177 e. The average molecular weight is 218 g/mol. The van der Waals surface area contributed by atoms with E-state index < -0.39 is 6.10 Å². The fourth-order valence-electron chi connectivity index (χ4n) is 1.57. The van der Waals surface area contributed by atoms with Crippen LogP contribution in [0.2, 0.25) is 0 Å². The van der Waals surface area contributed by atoms with Crippen molar-refractivity contribution in [1.82, 2.24) is 20.2 Å². The van der Waals surface area contributed by atoms with Crippen LogP contribution in [-0.2, 0) is 13.5 Å². The van der Waals surface area contributed by atoms with E-state index in [2.05, 4.69) is 15.4 Å². The van der Waals surface area contributed by atoms with E-state index in [1.807, 2.05) is 31.2 Å². The van der Waals surface area contributed by atoms with Crippen molar-refractivity contribution in [3.63, 3.8) is 0 Å². The second-order valence-electron chi connectivity index (χ2n) is 3.83. The average Bonchev–Trinajstić information content (AvgIpc) is 2.64. The lowest BCUT2D eigenvalue weighted by Gasteiger charge is -2.08. The highest BCUT2D eigenvalue weighted by atomic mass is 16.3. The van der Waals surface area contributed by atoms with Gasteiger partial charge in [-0.15, -0.1) is 10.2 Å². The molecule has 1 heterocycles. The first kappa shape index (κ1) is 10.8. The van der Waals surface area contributed by atoms with E-state index in [1.165, 1.54) is 4.80 Å². The maximum Gasteiger partial charge on any atom is 0.177 e. The summed E-state index contributed by atoms with van der Waals surface area (Å²) in [6.07, 6.45) is -0.193. The van der Waals surface area contributed by atoms with Crippen LogP contribution >= 0.6 is 0 Å². The number of nitrogens with zero attached hydrogens (tertiary/aromatic N) is 4. The second kappa shape index (κ2) is 4.40. The van der Waals surface area contributed by atoms with Crippen LogP contribution in [-0.4, -0.2) is 25.3 Å². The van der Waals surface area contributed by atoms with Crippen molar-refractivity contribution in [3.8, 4) is 0 Å². The van der Waals surface area contributed by atoms with E-state index in [1.54, 1.807) is 7.05 Å². The highest BCUT2D eigenvalue weighted by Gasteiger charge is 2.11. The number of tetrazole rings is 1. The van der Waals surface area contributed by atoms with Gasteiger partial charge in [0.05, 0.1) is 13.2 Å². The normalized spacial score (nSPS) is 12.7. The van der Waals surface area contributed by atoms with E-state index in [-0.39, 0.29) is 0 Å². The first-order valence-corrected chi connectivity index (χ1v) is 5.12. The third kappa shape index (κ3) is 2.43. The zero-order chi connectivity index (χ0) is 11.5. The molecule has 1 N–H and O–H groups in total. The number of aryl methyl sites for hydroxylation is 2. The van der Waals surface area contributed by atoms with Crippen molar-refractivity contribution in [2.45, 2.75) is 19.4 Å². The third-order valence-corrected chi connectivity index (χ3v) is 2.35. The Bertz CT molecular complexity index is 480. The first-order valence-electron chi connectivity index (χ1n) is 5.12. The SMILES string of the molecule is Cc1cccc(C(O)Cc2nnn(C)n2)c1. The number of hydrogen-bond donors (Lipinski definition) is 1. The van der Waals surface area contributed by atoms with Gasteiger partial charge >= 0.3 is 0 Å². The quantitative estimate of drug-likeness (QED) is 0.827. The van der Waals surface area contributed by atoms with Crippen LogP contribution in [0.3, 0.4) is 0 Å². The molecular weight excluding hydrogens is 204 g/mol. The highest BCUT2D eigenvalue weighted by molar-refractivity contribution is 5.24. The summed E-state index contributed by atoms with van der Waals surface area (Å²) in [4.78, 5) is 1.39. The van der Waals surface area contributed by atoms with E-state index >= 15 is 0 Å². The lowest BCUT2D eigenvalue weighted by Crippen LogP contribution is -2.04. The molecule has 1 aromatic carbocycles. The zero-order valence-corrected chi connectivity index (χ0v) is 9.33. The second-order valence-corrected chi connectivity index (χ2v) is 3.83. The topological polar surface area (TPSA) is 63.8 Å². The Morgan fingerprint density at radius 1 is 1.44 bits per heavy atom. The number of hydrogen-bond acceptors (Lipinski definition) is 4. The van der Waals surface area contributed by atoms with Gasteiger partial charge in [-0.2, -0.15) is 4.80 Å². The number of benzene rings is 1. The summed E-state index contributed by atoms with van der Waals surface area (Å²) in [5.74, 6) is 0.552. The molecule has 0 radical (unpaired) electrons. The minimum Gasteiger partial charge on any atom is -0.388 e. The molecule has 0 saturated heterocycles. The van der Waals surface area contributed by atoms with Gasteiger partial charge in [-0.3, -0.25) is 0 Å². The van der Waals surface area contributed by atoms with Crippen molar-refractivity contribution in [2.75, 3.05) is 0 Å². The Hall–Kier alpha value is -1.75. The van der Waals surface area contributed by atoms with Crippen molar-refractivity contribution >= 4 is 0 Å². The van der Waals surface area contributed by atoms with E-state index in [4.69, 9.17) is 0 Å². The van der Waals surface area contributed by atoms with Gasteiger partial charge in [0.1, 0.15) is 0 Å². The minimum atomic E-state index is -0.580. The molecule has 2 aromatic rings. The van der Waals surface area contributed by atoms with Crippen molar-refractivity contribution < 1.29 is 5.11 Å². The van der Waals surface area contributed by atoms with Crippen LogP contribution in [0, 0.1) is 6.92 Å². The summed E-state index contributed by atoms with van der Waals surface area (Å²) in [5, 5.41) is 21.6. The van der Waals surface area contributed by atoms with Gasteiger partial charge in [0, 0.05) is 6.42 Å². The van der Waals surface area contributed by atoms with Crippen molar-refractivity contribution in [3.05, 3.63) is 41.2 Å². The zero-order valence-electron chi connectivity index (χ0n) is 9.33. The van der Waals surface area contributed by atoms with Gasteiger partial charge in [-0.25, -0.2) is 0 Å². The Morgan fingerprint density at radius 3 is 2.88 bits per heavy atom. The Kier molecular flexibility index (Phi) is 2.96. The maximum atomic E-state index is 9.99. The number of aliphatic hydroxyl groups is 1. The molecule has 0 fully saturated rings. The molecule has 1 aromatic heterocycles. The maximum absolute atomic E-state index is 9.99. The largest absolute Gasteiger partial charge is 0.388 e. The van der Waals surface area contributed by atoms with Crippen LogP contribution in [0.4, 0.5) is 0 Å². The molecule has 0 aliphatic heterocycles. The number of aromatic nitrogens is 4. The van der Waals surface area contributed by atoms with Crippen LogP contribution in [0.15, 0.2) is 24.3 Å². The molecule has 0 amide bonds. The molecule has 0 spiro atoms. The van der Waals surface area contributed by atoms with Gasteiger partial charge in [-0.05, 0) is 17.7 Å². The van der Waals surface area contributed by atoms with Crippen LogP contribution in [0.5, 0.6) is 0 Å². The van der Waals surface area contributed by atoms with E-state index in [9.17, 15) is 5.11 Å². The molecule has 0 aliphatic rings. The monoisotopic (exact) mass is 218 g/mol. The Balaban J connectivity index is 2.11. The first-order chi connectivity index (χ1) is 7.65. The number of aliphatic hydroxyl groups excluding tert-OH is 1. The number of rotatable bonds is 3. The summed E-state index contributed by atoms with van der Waals surface area (Å²) in [5.41, 5.74) is 2.01. The molecule has 5 nitrogen and oxygen atoms in total. The minimum absolute atomic E-state index is 0.386. The predicted octanol–water partition coefficient (Wildman–Crippen LogP) is 0.795. The van der Waals surface area contributed by atoms with Gasteiger partial charge in [-0.1, -0.05) is 29.8 Å². The van der Waals surface area contributed by atoms with Gasteiger partial charge in [0.25, 0.3) is 0 Å². The van der Waals surface area contributed by atoms with Gasteiger partial charge in [0.2, 0.25) is 0 Å². The molecule has 0 bridgehead atoms. The molecule has 5 heteroatoms. The molecule has 84 valence electrons. The highest BCUT2D eigenvalue weighted by Crippen LogP contribution is 2.17. The van der Waals surface area contributed by atoms with Crippen molar-refractivity contribution in [2.24, 2.45) is 7.05 Å². The van der Waals surface area contributed by atoms with Crippen LogP contribution < -0.4 is 0 Å². The predicted molar refractivity (Wildman–Crippen MR) is 58.6 cm³/mol. The van der Waals surface area contributed by atoms with E-state index in [0.29, 0.717) is 12.2 Å². The summed E-state index contributed by atoms with van der Waals surface area (Å²) < 4.78 is 0. The summed E-state index contributed by atoms with van der Waals surface area (Å²) >= 11 is 0. The molecule has 16 heavy (non-hydrogen) atoms. The standard InChI is InChI=1S/C11H14N4O/c1-8-4-3-5-9(6-8)10(16)7-11-12-14-15(2)13-11/h3-6,10,16H,7H2,1-2H3. The van der Waals surface area contributed by atoms with Crippen molar-refractivity contribution in [1.29, 1.82) is 0 Å². The van der Waals surface area contributed by atoms with Gasteiger partial charge in [0.15, 0.2) is 5.82 Å². The molecular formula is C11H14N4O. The summed E-state index contributed by atoms with van der Waals surface area (Å²) in [7, 11) is 1.70. The molecule has 1 unspecified atom stereocenters. The third-order valence-electron chi connectivity index (χ3n) is 2.35. The molecule has 2 rings (SSSR count). The molecule has 0 saturated carbocycles. The lowest BCUT2D eigenvalue weighted by atomic mass is 10.0. The summed E-state index contributed by atoms with van der Waals surface area (Å²) in [6, 6.07) is 7.78. The Morgan fingerprint density at radius 2 is 2.25 bits per heavy atom. The summed E-state index contributed by atoms with van der Waals surface area (Å²) in [6.45, 7) is 2.00. The Labute approximate surface area is 93.7 Å². The van der Waals surface area contributed by atoms with Crippen LogP contribution in [0.25, 0.3) is 0 Å². The fourth-order valence-corrected chi connectivity index (χ4v) is 1.57. The van der Waals surface area contributed by atoms with E-state index in [0.717, 1.165) is 11.1 Å². The molecule has 1 atom stereocenters.